The highest BCUT2D eigenvalue weighted by Gasteiger charge is 2.15. The van der Waals surface area contributed by atoms with Crippen molar-refractivity contribution in [1.29, 1.82) is 0 Å². The van der Waals surface area contributed by atoms with Crippen LogP contribution in [0.4, 0.5) is 0 Å². The topological polar surface area (TPSA) is 74.0 Å². The molecule has 0 bridgehead atoms. The van der Waals surface area contributed by atoms with E-state index in [1.54, 1.807) is 0 Å². The molecule has 0 saturated heterocycles. The van der Waals surface area contributed by atoms with Gasteiger partial charge in [-0.3, -0.25) is 4.55 Å². The van der Waals surface area contributed by atoms with Gasteiger partial charge in [0.05, 0.1) is 5.75 Å². The van der Waals surface area contributed by atoms with Gasteiger partial charge in [0, 0.05) is 35.7 Å². The number of aryl methyl sites for hydroxylation is 2. The highest BCUT2D eigenvalue weighted by molar-refractivity contribution is 7.85. The van der Waals surface area contributed by atoms with Gasteiger partial charge in [0.1, 0.15) is 12.1 Å². The van der Waals surface area contributed by atoms with Gasteiger partial charge in [0.25, 0.3) is 10.1 Å². The lowest BCUT2D eigenvalue weighted by Crippen LogP contribution is -2.37. The molecule has 2 aromatic heterocycles. The van der Waals surface area contributed by atoms with Gasteiger partial charge in [-0.2, -0.15) is 8.42 Å². The van der Waals surface area contributed by atoms with Gasteiger partial charge >= 0.3 is 0 Å². The van der Waals surface area contributed by atoms with E-state index in [2.05, 4.69) is 11.1 Å². The van der Waals surface area contributed by atoms with Crippen LogP contribution in [0, 0.1) is 6.92 Å². The molecule has 1 aromatic carbocycles. The van der Waals surface area contributed by atoms with E-state index in [4.69, 9.17) is 4.55 Å². The van der Waals surface area contributed by atoms with Crippen molar-refractivity contribution in [3.8, 4) is 0 Å². The minimum absolute atomic E-state index is 0.218. The predicted octanol–water partition coefficient (Wildman–Crippen LogP) is 2.19. The molecular formula is C15H17N2O3S+. The van der Waals surface area contributed by atoms with Gasteiger partial charge in [-0.25, -0.2) is 4.57 Å². The van der Waals surface area contributed by atoms with E-state index in [0.717, 1.165) is 22.1 Å². The molecule has 0 fully saturated rings. The lowest BCUT2D eigenvalue weighted by molar-refractivity contribution is -0.701. The highest BCUT2D eigenvalue weighted by atomic mass is 32.2. The number of aromatic nitrogens is 2. The Morgan fingerprint density at radius 1 is 1.19 bits per heavy atom. The van der Waals surface area contributed by atoms with Crippen LogP contribution < -0.4 is 4.57 Å². The zero-order chi connectivity index (χ0) is 15.0. The summed E-state index contributed by atoms with van der Waals surface area (Å²) in [5.74, 6) is -0.218. The number of hydrogen-bond acceptors (Lipinski definition) is 2. The second kappa shape index (κ2) is 5.13. The molecule has 0 spiro atoms. The molecular weight excluding hydrogens is 288 g/mol. The SMILES string of the molecule is Cc1c2[nH]c3ccccc3c2cc[n+]1CCCS(=O)(=O)O. The van der Waals surface area contributed by atoms with Crippen molar-refractivity contribution >= 4 is 31.9 Å². The molecule has 0 aliphatic rings. The number of hydrogen-bond donors (Lipinski definition) is 2. The molecule has 5 nitrogen and oxygen atoms in total. The van der Waals surface area contributed by atoms with Gasteiger partial charge in [-0.05, 0) is 6.07 Å². The number of pyridine rings is 1. The summed E-state index contributed by atoms with van der Waals surface area (Å²) in [4.78, 5) is 3.40. The first-order valence-electron chi connectivity index (χ1n) is 6.80. The van der Waals surface area contributed by atoms with Crippen LogP contribution in [-0.4, -0.2) is 23.7 Å². The summed E-state index contributed by atoms with van der Waals surface area (Å²) in [5, 5.41) is 2.34. The second-order valence-electron chi connectivity index (χ2n) is 5.19. The molecule has 110 valence electrons. The summed E-state index contributed by atoms with van der Waals surface area (Å²) in [6, 6.07) is 10.2. The molecule has 0 saturated carbocycles. The van der Waals surface area contributed by atoms with Crippen molar-refractivity contribution in [3.05, 3.63) is 42.2 Å². The molecule has 0 amide bonds. The van der Waals surface area contributed by atoms with Crippen molar-refractivity contribution in [2.45, 2.75) is 19.9 Å². The number of nitrogens with one attached hydrogen (secondary N) is 1. The number of para-hydroxylation sites is 1. The molecule has 21 heavy (non-hydrogen) atoms. The largest absolute Gasteiger partial charge is 0.349 e. The molecule has 3 rings (SSSR count). The first-order valence-corrected chi connectivity index (χ1v) is 8.41. The number of aromatic amines is 1. The fraction of sp³-hybridized carbons (Fsp3) is 0.267. The Morgan fingerprint density at radius 2 is 1.95 bits per heavy atom. The van der Waals surface area contributed by atoms with E-state index in [1.165, 1.54) is 5.39 Å². The van der Waals surface area contributed by atoms with Crippen LogP contribution in [0.1, 0.15) is 12.1 Å². The number of benzene rings is 1. The van der Waals surface area contributed by atoms with E-state index in [-0.39, 0.29) is 5.75 Å². The van der Waals surface area contributed by atoms with Gasteiger partial charge in [0.2, 0.25) is 5.69 Å². The Bertz CT molecular complexity index is 913. The average molecular weight is 305 g/mol. The monoisotopic (exact) mass is 305 g/mol. The van der Waals surface area contributed by atoms with E-state index in [1.807, 2.05) is 42.0 Å². The van der Waals surface area contributed by atoms with E-state index in [9.17, 15) is 8.42 Å². The second-order valence-corrected chi connectivity index (χ2v) is 6.77. The molecule has 0 unspecified atom stereocenters. The highest BCUT2D eigenvalue weighted by Crippen LogP contribution is 2.25. The van der Waals surface area contributed by atoms with Gasteiger partial charge in [-0.1, -0.05) is 18.2 Å². The van der Waals surface area contributed by atoms with Gasteiger partial charge in [0.15, 0.2) is 6.20 Å². The molecule has 0 atom stereocenters. The zero-order valence-corrected chi connectivity index (χ0v) is 12.5. The lowest BCUT2D eigenvalue weighted by atomic mass is 10.1. The van der Waals surface area contributed by atoms with Crippen LogP contribution in [0.25, 0.3) is 21.8 Å². The maximum absolute atomic E-state index is 10.8. The van der Waals surface area contributed by atoms with Gasteiger partial charge < -0.3 is 4.98 Å². The standard InChI is InChI=1S/C15H16N2O3S/c1-11-15-13(12-5-2-3-6-14(12)16-15)7-9-17(11)8-4-10-21(18,19)20/h2-3,5-7,9H,4,8,10H2,1H3,(H,18,19,20)/p+1. The summed E-state index contributed by atoms with van der Waals surface area (Å²) < 4.78 is 32.3. The van der Waals surface area contributed by atoms with Crippen molar-refractivity contribution in [1.82, 2.24) is 4.98 Å². The molecule has 3 aromatic rings. The maximum atomic E-state index is 10.8. The maximum Gasteiger partial charge on any atom is 0.265 e. The third-order valence-electron chi connectivity index (χ3n) is 3.76. The normalized spacial score (nSPS) is 12.3. The molecule has 6 heteroatoms. The smallest absolute Gasteiger partial charge is 0.265 e. The van der Waals surface area contributed by atoms with Crippen molar-refractivity contribution < 1.29 is 17.5 Å². The summed E-state index contributed by atoms with van der Waals surface area (Å²) >= 11 is 0. The Hall–Kier alpha value is -1.92. The van der Waals surface area contributed by atoms with Crippen molar-refractivity contribution in [2.24, 2.45) is 0 Å². The molecule has 0 aliphatic carbocycles. The summed E-state index contributed by atoms with van der Waals surface area (Å²) in [6.07, 6.45) is 2.35. The van der Waals surface area contributed by atoms with Crippen molar-refractivity contribution in [3.63, 3.8) is 0 Å². The first-order chi connectivity index (χ1) is 9.96. The average Bonchev–Trinajstić information content (AvgIpc) is 2.80. The summed E-state index contributed by atoms with van der Waals surface area (Å²) in [5.41, 5.74) is 3.20. The Morgan fingerprint density at radius 3 is 2.71 bits per heavy atom. The van der Waals surface area contributed by atoms with Crippen LogP contribution >= 0.6 is 0 Å². The van der Waals surface area contributed by atoms with Crippen LogP contribution in [0.3, 0.4) is 0 Å². The van der Waals surface area contributed by atoms with Crippen LogP contribution in [0.2, 0.25) is 0 Å². The summed E-state index contributed by atoms with van der Waals surface area (Å²) in [7, 11) is -3.89. The predicted molar refractivity (Wildman–Crippen MR) is 81.8 cm³/mol. The minimum atomic E-state index is -3.89. The lowest BCUT2D eigenvalue weighted by Gasteiger charge is -2.01. The van der Waals surface area contributed by atoms with E-state index in [0.29, 0.717) is 13.0 Å². The molecule has 2 N–H and O–H groups in total. The molecule has 2 heterocycles. The Labute approximate surface area is 123 Å². The third kappa shape index (κ3) is 2.77. The zero-order valence-electron chi connectivity index (χ0n) is 11.7. The van der Waals surface area contributed by atoms with Crippen LogP contribution in [0.15, 0.2) is 36.5 Å². The first kappa shape index (κ1) is 14.0. The number of rotatable bonds is 4. The number of nitrogens with zero attached hydrogens (tertiary/aromatic N) is 1. The molecule has 0 radical (unpaired) electrons. The fourth-order valence-corrected chi connectivity index (χ4v) is 3.20. The third-order valence-corrected chi connectivity index (χ3v) is 4.57. The number of fused-ring (bicyclic) bond motifs is 3. The Balaban J connectivity index is 1.98. The van der Waals surface area contributed by atoms with Crippen LogP contribution in [0.5, 0.6) is 0 Å². The summed E-state index contributed by atoms with van der Waals surface area (Å²) in [6.45, 7) is 2.56. The van der Waals surface area contributed by atoms with Crippen LogP contribution in [-0.2, 0) is 16.7 Å². The minimum Gasteiger partial charge on any atom is -0.349 e. The quantitative estimate of drug-likeness (QED) is 0.573. The Kier molecular flexibility index (Phi) is 3.43. The molecule has 0 aliphatic heterocycles. The van der Waals surface area contributed by atoms with Crippen molar-refractivity contribution in [2.75, 3.05) is 5.75 Å². The number of H-pyrrole nitrogens is 1. The van der Waals surface area contributed by atoms with E-state index < -0.39 is 10.1 Å². The van der Waals surface area contributed by atoms with E-state index >= 15 is 0 Å². The van der Waals surface area contributed by atoms with Gasteiger partial charge in [-0.15, -0.1) is 0 Å². The fourth-order valence-electron chi connectivity index (χ4n) is 2.70.